The van der Waals surface area contributed by atoms with Crippen LogP contribution in [0.15, 0.2) is 36.4 Å². The fourth-order valence-corrected chi connectivity index (χ4v) is 5.29. The van der Waals surface area contributed by atoms with Gasteiger partial charge in [-0.05, 0) is 0 Å². The van der Waals surface area contributed by atoms with Crippen molar-refractivity contribution in [2.75, 3.05) is 0 Å². The number of hydrogen-bond donors (Lipinski definition) is 0. The van der Waals surface area contributed by atoms with Gasteiger partial charge in [-0.25, -0.2) is 0 Å². The second-order valence-electron chi connectivity index (χ2n) is 6.42. The summed E-state index contributed by atoms with van der Waals surface area (Å²) in [4.78, 5) is 0. The summed E-state index contributed by atoms with van der Waals surface area (Å²) in [6, 6.07) is 14.0. The van der Waals surface area contributed by atoms with Crippen molar-refractivity contribution in [1.82, 2.24) is 0 Å². The molecule has 0 unspecified atom stereocenters. The van der Waals surface area contributed by atoms with E-state index in [1.165, 1.54) is 22.3 Å². The summed E-state index contributed by atoms with van der Waals surface area (Å²) in [6.45, 7) is 13.6. The van der Waals surface area contributed by atoms with Crippen LogP contribution in [0.1, 0.15) is 61.8 Å². The molecule has 0 aromatic heterocycles. The van der Waals surface area contributed by atoms with E-state index in [-0.39, 0.29) is 17.1 Å². The summed E-state index contributed by atoms with van der Waals surface area (Å²) in [5.74, 6) is 1.20. The molecule has 0 N–H and O–H groups in total. The van der Waals surface area contributed by atoms with E-state index in [1.54, 1.807) is 8.32 Å². The molecule has 21 heavy (non-hydrogen) atoms. The molecule has 2 aromatic carbocycles. The normalized spacial score (nSPS) is 11.6. The zero-order chi connectivity index (χ0) is 15.6. The number of hydrogen-bond acceptors (Lipinski definition) is 0. The first-order valence-electron chi connectivity index (χ1n) is 7.72. The molecule has 0 aliphatic heterocycles. The number of aryl methyl sites for hydroxylation is 2. The molecule has 2 rings (SSSR count). The first-order chi connectivity index (χ1) is 9.88. The Balaban J connectivity index is 2.43. The molecule has 0 nitrogen and oxygen atoms in total. The average Bonchev–Trinajstić information content (AvgIpc) is 2.42. The first kappa shape index (κ1) is 16.4. The van der Waals surface area contributed by atoms with Crippen molar-refractivity contribution in [3.05, 3.63) is 58.7 Å². The summed E-state index contributed by atoms with van der Waals surface area (Å²) in [6.07, 6.45) is 0. The summed E-state index contributed by atoms with van der Waals surface area (Å²) < 4.78 is 3.13. The molecular formula is C20H26Ru. The van der Waals surface area contributed by atoms with E-state index in [2.05, 4.69) is 77.9 Å². The molecule has 0 atom stereocenters. The number of benzene rings is 2. The SMILES string of the molecule is Cc1cc[c]([Ru][c]2ccc(C)cc2C(C)C)c(C(C)C)c1. The fraction of sp³-hybridized carbons (Fsp3) is 0.400. The Bertz CT molecular complexity index is 568. The topological polar surface area (TPSA) is 0 Å². The quantitative estimate of drug-likeness (QED) is 0.694. The van der Waals surface area contributed by atoms with Gasteiger partial charge >= 0.3 is 137 Å². The Labute approximate surface area is 137 Å². The third kappa shape index (κ3) is 4.04. The van der Waals surface area contributed by atoms with Crippen molar-refractivity contribution < 1.29 is 17.1 Å². The predicted molar refractivity (Wildman–Crippen MR) is 89.8 cm³/mol. The molecule has 114 valence electrons. The van der Waals surface area contributed by atoms with Gasteiger partial charge in [0.2, 0.25) is 0 Å². The van der Waals surface area contributed by atoms with Gasteiger partial charge < -0.3 is 0 Å². The van der Waals surface area contributed by atoms with E-state index in [4.69, 9.17) is 0 Å². The fourth-order valence-electron chi connectivity index (χ4n) is 2.45. The zero-order valence-electron chi connectivity index (χ0n) is 14.0. The Morgan fingerprint density at radius 1 is 0.667 bits per heavy atom. The van der Waals surface area contributed by atoms with Gasteiger partial charge in [0.15, 0.2) is 0 Å². The van der Waals surface area contributed by atoms with Crippen molar-refractivity contribution >= 4 is 8.32 Å². The zero-order valence-corrected chi connectivity index (χ0v) is 15.7. The molecule has 0 spiro atoms. The summed E-state index contributed by atoms with van der Waals surface area (Å²) in [5, 5.41) is 0. The van der Waals surface area contributed by atoms with E-state index < -0.39 is 0 Å². The maximum atomic E-state index is 2.37. The van der Waals surface area contributed by atoms with Gasteiger partial charge in [0.25, 0.3) is 0 Å². The van der Waals surface area contributed by atoms with Crippen LogP contribution < -0.4 is 8.32 Å². The van der Waals surface area contributed by atoms with Crippen molar-refractivity contribution in [3.63, 3.8) is 0 Å². The molecule has 0 fully saturated rings. The molecule has 0 amide bonds. The first-order valence-corrected chi connectivity index (χ1v) is 9.45. The number of rotatable bonds is 4. The monoisotopic (exact) mass is 368 g/mol. The Morgan fingerprint density at radius 3 is 1.38 bits per heavy atom. The Hall–Kier alpha value is -0.937. The van der Waals surface area contributed by atoms with Crippen LogP contribution in [0.4, 0.5) is 0 Å². The molecule has 0 heterocycles. The molecule has 0 radical (unpaired) electrons. The second-order valence-corrected chi connectivity index (χ2v) is 8.73. The van der Waals surface area contributed by atoms with E-state index >= 15 is 0 Å². The maximum absolute atomic E-state index is 2.37. The Kier molecular flexibility index (Phi) is 5.39. The Morgan fingerprint density at radius 2 is 1.05 bits per heavy atom. The molecule has 0 aliphatic rings. The van der Waals surface area contributed by atoms with Crippen LogP contribution in [0.5, 0.6) is 0 Å². The molecule has 0 saturated carbocycles. The van der Waals surface area contributed by atoms with Gasteiger partial charge in [-0.2, -0.15) is 0 Å². The summed E-state index contributed by atoms with van der Waals surface area (Å²) >= 11 is 0.102. The van der Waals surface area contributed by atoms with Crippen molar-refractivity contribution in [3.8, 4) is 0 Å². The second kappa shape index (κ2) is 6.88. The van der Waals surface area contributed by atoms with Crippen LogP contribution in [0.2, 0.25) is 0 Å². The summed E-state index contributed by atoms with van der Waals surface area (Å²) in [7, 11) is 0. The van der Waals surface area contributed by atoms with Gasteiger partial charge in [0.05, 0.1) is 0 Å². The minimum atomic E-state index is 0.102. The predicted octanol–water partition coefficient (Wildman–Crippen LogP) is 4.58. The van der Waals surface area contributed by atoms with Crippen LogP contribution in [0.25, 0.3) is 0 Å². The van der Waals surface area contributed by atoms with Crippen molar-refractivity contribution in [2.45, 2.75) is 53.4 Å². The van der Waals surface area contributed by atoms with Crippen molar-refractivity contribution in [1.29, 1.82) is 0 Å². The molecular weight excluding hydrogens is 341 g/mol. The van der Waals surface area contributed by atoms with Crippen LogP contribution in [0.3, 0.4) is 0 Å². The third-order valence-electron chi connectivity index (χ3n) is 3.72. The molecule has 0 aliphatic carbocycles. The van der Waals surface area contributed by atoms with Crippen LogP contribution in [-0.4, -0.2) is 0 Å². The molecule has 1 heteroatoms. The van der Waals surface area contributed by atoms with Gasteiger partial charge in [0, 0.05) is 0 Å². The summed E-state index contributed by atoms with van der Waals surface area (Å²) in [5.41, 5.74) is 5.80. The van der Waals surface area contributed by atoms with E-state index in [0.717, 1.165) is 0 Å². The van der Waals surface area contributed by atoms with E-state index in [1.807, 2.05) is 0 Å². The van der Waals surface area contributed by atoms with Gasteiger partial charge in [-0.3, -0.25) is 0 Å². The van der Waals surface area contributed by atoms with E-state index in [0.29, 0.717) is 11.8 Å². The van der Waals surface area contributed by atoms with E-state index in [9.17, 15) is 0 Å². The molecule has 0 bridgehead atoms. The van der Waals surface area contributed by atoms with Crippen LogP contribution in [-0.2, 0) is 17.1 Å². The van der Waals surface area contributed by atoms with Crippen LogP contribution >= 0.6 is 0 Å². The molecule has 0 saturated heterocycles. The van der Waals surface area contributed by atoms with Crippen molar-refractivity contribution in [2.24, 2.45) is 0 Å². The minimum absolute atomic E-state index is 0.102. The third-order valence-corrected chi connectivity index (χ3v) is 6.23. The molecule has 2 aromatic rings. The van der Waals surface area contributed by atoms with Gasteiger partial charge in [-0.15, -0.1) is 0 Å². The average molecular weight is 367 g/mol. The standard InChI is InChI=1S/2C10H13.Ru/c2*1-8(2)10-6-4-5-9(3)7-10;/h2*4-5,7-8H,1-3H3;. The van der Waals surface area contributed by atoms with Gasteiger partial charge in [0.1, 0.15) is 0 Å². The van der Waals surface area contributed by atoms with Gasteiger partial charge in [-0.1, -0.05) is 0 Å². The van der Waals surface area contributed by atoms with Crippen LogP contribution in [0, 0.1) is 13.8 Å².